The van der Waals surface area contributed by atoms with Crippen molar-refractivity contribution in [2.24, 2.45) is 0 Å². The average molecular weight is 332 g/mol. The van der Waals surface area contributed by atoms with Crippen LogP contribution in [0.2, 0.25) is 0 Å². The number of nitrogens with zero attached hydrogens (tertiary/aromatic N) is 3. The van der Waals surface area contributed by atoms with Crippen LogP contribution in [0.1, 0.15) is 11.4 Å². The van der Waals surface area contributed by atoms with E-state index in [0.717, 1.165) is 6.42 Å². The zero-order chi connectivity index (χ0) is 17.1. The fourth-order valence-electron chi connectivity index (χ4n) is 2.74. The number of hydrogen-bond donors (Lipinski definition) is 1. The number of benzene rings is 2. The Balaban J connectivity index is 1.39. The summed E-state index contributed by atoms with van der Waals surface area (Å²) in [6.45, 7) is 0.774. The highest BCUT2D eigenvalue weighted by Crippen LogP contribution is 2.16. The molecule has 6 heteroatoms. The van der Waals surface area contributed by atoms with Gasteiger partial charge in [0.25, 0.3) is 5.56 Å². The van der Waals surface area contributed by atoms with Gasteiger partial charge in [0.1, 0.15) is 12.4 Å². The molecule has 4 rings (SSSR count). The van der Waals surface area contributed by atoms with Crippen LogP contribution < -0.4 is 5.56 Å². The summed E-state index contributed by atoms with van der Waals surface area (Å²) in [5, 5.41) is 2.45. The molecule has 4 aromatic rings. The van der Waals surface area contributed by atoms with Crippen LogP contribution in [0.25, 0.3) is 21.9 Å². The highest BCUT2D eigenvalue weighted by molar-refractivity contribution is 5.82. The number of H-pyrrole nitrogens is 1. The zero-order valence-electron chi connectivity index (χ0n) is 13.5. The molecule has 2 heterocycles. The molecule has 0 amide bonds. The predicted octanol–water partition coefficient (Wildman–Crippen LogP) is 2.63. The first-order valence-electron chi connectivity index (χ1n) is 8.05. The number of aromatic nitrogens is 4. The fourth-order valence-corrected chi connectivity index (χ4v) is 2.74. The lowest BCUT2D eigenvalue weighted by Crippen LogP contribution is -2.15. The summed E-state index contributed by atoms with van der Waals surface area (Å²) in [6, 6.07) is 14.7. The molecule has 0 radical (unpaired) electrons. The van der Waals surface area contributed by atoms with E-state index in [1.54, 1.807) is 0 Å². The van der Waals surface area contributed by atoms with Crippen molar-refractivity contribution in [1.82, 2.24) is 19.9 Å². The average Bonchev–Trinajstić information content (AvgIpc) is 2.65. The lowest BCUT2D eigenvalue weighted by molar-refractivity contribution is 0.118. The molecule has 25 heavy (non-hydrogen) atoms. The Morgan fingerprint density at radius 1 is 1.00 bits per heavy atom. The number of aromatic amines is 1. The second kappa shape index (κ2) is 6.78. The first-order chi connectivity index (χ1) is 12.3. The molecule has 124 valence electrons. The van der Waals surface area contributed by atoms with Gasteiger partial charge in [0.15, 0.2) is 11.2 Å². The van der Waals surface area contributed by atoms with E-state index in [0.29, 0.717) is 18.1 Å². The minimum Gasteiger partial charge on any atom is -0.373 e. The van der Waals surface area contributed by atoms with Crippen molar-refractivity contribution in [1.29, 1.82) is 0 Å². The Hall–Kier alpha value is -3.12. The van der Waals surface area contributed by atoms with E-state index in [1.165, 1.54) is 28.7 Å². The Morgan fingerprint density at radius 3 is 2.76 bits per heavy atom. The summed E-state index contributed by atoms with van der Waals surface area (Å²) in [6.07, 6.45) is 3.78. The normalized spacial score (nSPS) is 11.2. The minimum absolute atomic E-state index is 0.231. The maximum absolute atomic E-state index is 11.9. The van der Waals surface area contributed by atoms with Crippen molar-refractivity contribution in [3.8, 4) is 0 Å². The highest BCUT2D eigenvalue weighted by atomic mass is 16.5. The van der Waals surface area contributed by atoms with Crippen molar-refractivity contribution < 1.29 is 4.74 Å². The molecule has 1 N–H and O–H groups in total. The van der Waals surface area contributed by atoms with Crippen LogP contribution in [0.3, 0.4) is 0 Å². The molecule has 0 spiro atoms. The fraction of sp³-hybridized carbons (Fsp3) is 0.158. The molecule has 2 aromatic heterocycles. The molecule has 0 fully saturated rings. The largest absolute Gasteiger partial charge is 0.373 e. The SMILES string of the molecule is O=c1[nH]c(COCCc2ccc3ccccc3c2)nc2nccnc12. The van der Waals surface area contributed by atoms with E-state index in [2.05, 4.69) is 50.3 Å². The second-order valence-electron chi connectivity index (χ2n) is 5.73. The first kappa shape index (κ1) is 15.4. The van der Waals surface area contributed by atoms with Gasteiger partial charge in [0, 0.05) is 12.4 Å². The van der Waals surface area contributed by atoms with Crippen molar-refractivity contribution in [3.05, 3.63) is 76.6 Å². The quantitative estimate of drug-likeness (QED) is 0.568. The second-order valence-corrected chi connectivity index (χ2v) is 5.73. The van der Waals surface area contributed by atoms with Gasteiger partial charge in [-0.05, 0) is 22.8 Å². The Kier molecular flexibility index (Phi) is 4.18. The van der Waals surface area contributed by atoms with E-state index in [-0.39, 0.29) is 17.7 Å². The highest BCUT2D eigenvalue weighted by Gasteiger charge is 2.05. The van der Waals surface area contributed by atoms with Gasteiger partial charge in [0.2, 0.25) is 0 Å². The molecular formula is C19H16N4O2. The molecular weight excluding hydrogens is 316 g/mol. The van der Waals surface area contributed by atoms with Crippen LogP contribution in [0, 0.1) is 0 Å². The summed E-state index contributed by atoms with van der Waals surface area (Å²) in [5.74, 6) is 0.455. The van der Waals surface area contributed by atoms with Gasteiger partial charge in [-0.1, -0.05) is 42.5 Å². The number of fused-ring (bicyclic) bond motifs is 2. The van der Waals surface area contributed by atoms with Crippen LogP contribution in [-0.2, 0) is 17.8 Å². The molecule has 0 saturated heterocycles. The lowest BCUT2D eigenvalue weighted by Gasteiger charge is -2.06. The lowest BCUT2D eigenvalue weighted by atomic mass is 10.1. The summed E-state index contributed by atoms with van der Waals surface area (Å²) >= 11 is 0. The smallest absolute Gasteiger partial charge is 0.279 e. The predicted molar refractivity (Wildman–Crippen MR) is 95.3 cm³/mol. The van der Waals surface area contributed by atoms with Gasteiger partial charge in [-0.25, -0.2) is 15.0 Å². The van der Waals surface area contributed by atoms with E-state index >= 15 is 0 Å². The first-order valence-corrected chi connectivity index (χ1v) is 8.05. The molecule has 0 unspecified atom stereocenters. The van der Waals surface area contributed by atoms with Gasteiger partial charge in [0.05, 0.1) is 6.61 Å². The van der Waals surface area contributed by atoms with E-state index in [1.807, 2.05) is 12.1 Å². The van der Waals surface area contributed by atoms with Gasteiger partial charge in [-0.3, -0.25) is 4.79 Å². The van der Waals surface area contributed by atoms with Crippen LogP contribution in [0.4, 0.5) is 0 Å². The van der Waals surface area contributed by atoms with Crippen LogP contribution in [-0.4, -0.2) is 26.5 Å². The topological polar surface area (TPSA) is 80.8 Å². The summed E-state index contributed by atoms with van der Waals surface area (Å²) in [7, 11) is 0. The van der Waals surface area contributed by atoms with Crippen molar-refractivity contribution in [2.75, 3.05) is 6.61 Å². The van der Waals surface area contributed by atoms with Crippen molar-refractivity contribution in [2.45, 2.75) is 13.0 Å². The Morgan fingerprint density at radius 2 is 1.84 bits per heavy atom. The van der Waals surface area contributed by atoms with Crippen LogP contribution >= 0.6 is 0 Å². The van der Waals surface area contributed by atoms with E-state index in [4.69, 9.17) is 4.74 Å². The number of ether oxygens (including phenoxy) is 1. The molecule has 0 aliphatic heterocycles. The Bertz CT molecular complexity index is 1090. The standard InChI is InChI=1S/C19H16N4O2/c24-19-17-18(21-9-8-20-17)22-16(23-19)12-25-10-7-13-5-6-14-3-1-2-4-15(14)11-13/h1-6,8-9,11H,7,10,12H2,(H,21,22,23,24). The van der Waals surface area contributed by atoms with Gasteiger partial charge >= 0.3 is 0 Å². The van der Waals surface area contributed by atoms with Crippen molar-refractivity contribution in [3.63, 3.8) is 0 Å². The summed E-state index contributed by atoms with van der Waals surface area (Å²) in [5.41, 5.74) is 1.48. The van der Waals surface area contributed by atoms with Gasteiger partial charge in [-0.15, -0.1) is 0 Å². The maximum Gasteiger partial charge on any atom is 0.279 e. The van der Waals surface area contributed by atoms with Gasteiger partial charge in [-0.2, -0.15) is 0 Å². The number of nitrogens with one attached hydrogen (secondary N) is 1. The minimum atomic E-state index is -0.300. The van der Waals surface area contributed by atoms with Gasteiger partial charge < -0.3 is 9.72 Å². The monoisotopic (exact) mass is 332 g/mol. The third-order valence-corrected chi connectivity index (χ3v) is 3.98. The third-order valence-electron chi connectivity index (χ3n) is 3.98. The molecule has 0 saturated carbocycles. The van der Waals surface area contributed by atoms with E-state index in [9.17, 15) is 4.79 Å². The number of rotatable bonds is 5. The maximum atomic E-state index is 11.9. The molecule has 6 nitrogen and oxygen atoms in total. The summed E-state index contributed by atoms with van der Waals surface area (Å²) < 4.78 is 5.66. The molecule has 0 aliphatic carbocycles. The van der Waals surface area contributed by atoms with E-state index < -0.39 is 0 Å². The molecule has 0 bridgehead atoms. The molecule has 2 aromatic carbocycles. The Labute approximate surface area is 143 Å². The van der Waals surface area contributed by atoms with Crippen molar-refractivity contribution >= 4 is 21.9 Å². The number of hydrogen-bond acceptors (Lipinski definition) is 5. The third kappa shape index (κ3) is 3.39. The zero-order valence-corrected chi connectivity index (χ0v) is 13.5. The summed E-state index contributed by atoms with van der Waals surface area (Å²) in [4.78, 5) is 26.9. The molecule has 0 aliphatic rings. The van der Waals surface area contributed by atoms with Crippen LogP contribution in [0.15, 0.2) is 59.7 Å². The molecule has 0 atom stereocenters. The van der Waals surface area contributed by atoms with Crippen LogP contribution in [0.5, 0.6) is 0 Å².